The molecule has 2 aromatic carbocycles. The highest BCUT2D eigenvalue weighted by Gasteiger charge is 1.95. The molecule has 0 aliphatic carbocycles. The Morgan fingerprint density at radius 3 is 2.32 bits per heavy atom. The molecule has 3 heteroatoms. The Morgan fingerprint density at radius 1 is 0.895 bits per heavy atom. The molecule has 0 heterocycles. The topological polar surface area (TPSA) is 21.3 Å². The summed E-state index contributed by atoms with van der Waals surface area (Å²) in [4.78, 5) is 0. The molecule has 2 aromatic rings. The van der Waals surface area contributed by atoms with E-state index in [2.05, 4.69) is 41.7 Å². The van der Waals surface area contributed by atoms with Gasteiger partial charge in [0.15, 0.2) is 0 Å². The lowest BCUT2D eigenvalue weighted by Gasteiger charge is -2.06. The molecule has 0 atom stereocenters. The molecular formula is C16H19BNO. The number of rotatable bonds is 8. The molecule has 0 unspecified atom stereocenters. The second-order valence-corrected chi connectivity index (χ2v) is 4.35. The molecule has 2 rings (SSSR count). The summed E-state index contributed by atoms with van der Waals surface area (Å²) in [5, 5.41) is 3.31. The van der Waals surface area contributed by atoms with Crippen LogP contribution in [-0.2, 0) is 11.1 Å². The van der Waals surface area contributed by atoms with Crippen LogP contribution >= 0.6 is 0 Å². The minimum absolute atomic E-state index is 0.698. The predicted octanol–water partition coefficient (Wildman–Crippen LogP) is 3.40. The van der Waals surface area contributed by atoms with E-state index in [1.807, 2.05) is 31.7 Å². The molecule has 2 nitrogen and oxygen atoms in total. The third-order valence-corrected chi connectivity index (χ3v) is 2.83. The van der Waals surface area contributed by atoms with Crippen molar-refractivity contribution in [2.75, 3.05) is 18.5 Å². The summed E-state index contributed by atoms with van der Waals surface area (Å²) < 4.78 is 5.49. The Labute approximate surface area is 116 Å². The van der Waals surface area contributed by atoms with Crippen molar-refractivity contribution in [1.82, 2.24) is 0 Å². The third-order valence-electron chi connectivity index (χ3n) is 2.83. The monoisotopic (exact) mass is 252 g/mol. The predicted molar refractivity (Wildman–Crippen MR) is 81.6 cm³/mol. The van der Waals surface area contributed by atoms with Gasteiger partial charge in [0.25, 0.3) is 7.48 Å². The van der Waals surface area contributed by atoms with Crippen molar-refractivity contribution < 1.29 is 4.65 Å². The van der Waals surface area contributed by atoms with Gasteiger partial charge in [0, 0.05) is 18.8 Å². The molecule has 0 saturated heterocycles. The SMILES string of the molecule is [B](CCc1ccccc1)OCCNc1ccccc1. The van der Waals surface area contributed by atoms with Crippen molar-refractivity contribution in [3.8, 4) is 0 Å². The molecule has 1 radical (unpaired) electrons. The minimum atomic E-state index is 0.698. The van der Waals surface area contributed by atoms with Gasteiger partial charge in [-0.15, -0.1) is 0 Å². The van der Waals surface area contributed by atoms with Crippen molar-refractivity contribution in [2.45, 2.75) is 12.7 Å². The molecule has 0 fully saturated rings. The van der Waals surface area contributed by atoms with Crippen LogP contribution < -0.4 is 5.32 Å². The van der Waals surface area contributed by atoms with Crippen LogP contribution in [0.2, 0.25) is 6.32 Å². The van der Waals surface area contributed by atoms with Gasteiger partial charge in [-0.25, -0.2) is 0 Å². The summed E-state index contributed by atoms with van der Waals surface area (Å²) in [5.41, 5.74) is 2.49. The van der Waals surface area contributed by atoms with Crippen molar-refractivity contribution in [3.05, 3.63) is 66.2 Å². The zero-order valence-electron chi connectivity index (χ0n) is 11.1. The van der Waals surface area contributed by atoms with Crippen LogP contribution in [0.1, 0.15) is 5.56 Å². The lowest BCUT2D eigenvalue weighted by atomic mass is 9.90. The summed E-state index contributed by atoms with van der Waals surface area (Å²) in [6.07, 6.45) is 1.99. The second-order valence-electron chi connectivity index (χ2n) is 4.35. The van der Waals surface area contributed by atoms with Crippen LogP contribution in [-0.4, -0.2) is 20.6 Å². The highest BCUT2D eigenvalue weighted by atomic mass is 16.4. The zero-order valence-corrected chi connectivity index (χ0v) is 11.1. The zero-order chi connectivity index (χ0) is 13.2. The minimum Gasteiger partial charge on any atom is -0.439 e. The number of para-hydroxylation sites is 1. The Balaban J connectivity index is 1.49. The van der Waals surface area contributed by atoms with Crippen LogP contribution in [0.15, 0.2) is 60.7 Å². The molecule has 0 amide bonds. The normalized spacial score (nSPS) is 10.1. The van der Waals surface area contributed by atoms with Crippen molar-refractivity contribution in [3.63, 3.8) is 0 Å². The summed E-state index contributed by atoms with van der Waals surface area (Å²) in [6, 6.07) is 20.6. The lowest BCUT2D eigenvalue weighted by Crippen LogP contribution is -2.11. The van der Waals surface area contributed by atoms with E-state index in [4.69, 9.17) is 4.65 Å². The van der Waals surface area contributed by atoms with E-state index < -0.39 is 0 Å². The maximum atomic E-state index is 5.49. The number of hydrogen-bond donors (Lipinski definition) is 1. The molecular weight excluding hydrogens is 233 g/mol. The molecule has 0 aromatic heterocycles. The fraction of sp³-hybridized carbons (Fsp3) is 0.250. The van der Waals surface area contributed by atoms with Gasteiger partial charge in [-0.05, 0) is 30.4 Å². The van der Waals surface area contributed by atoms with Crippen LogP contribution in [0, 0.1) is 0 Å². The number of aryl methyl sites for hydroxylation is 1. The summed E-state index contributed by atoms with van der Waals surface area (Å²) in [6.45, 7) is 1.52. The van der Waals surface area contributed by atoms with Gasteiger partial charge < -0.3 is 9.97 Å². The van der Waals surface area contributed by atoms with Gasteiger partial charge >= 0.3 is 0 Å². The van der Waals surface area contributed by atoms with E-state index in [1.54, 1.807) is 0 Å². The van der Waals surface area contributed by atoms with E-state index in [9.17, 15) is 0 Å². The van der Waals surface area contributed by atoms with Crippen molar-refractivity contribution in [1.29, 1.82) is 0 Å². The maximum Gasteiger partial charge on any atom is 0.292 e. The van der Waals surface area contributed by atoms with Gasteiger partial charge in [0.2, 0.25) is 0 Å². The first kappa shape index (κ1) is 13.7. The van der Waals surface area contributed by atoms with Gasteiger partial charge in [-0.2, -0.15) is 0 Å². The number of benzene rings is 2. The first-order valence-electron chi connectivity index (χ1n) is 6.71. The molecule has 19 heavy (non-hydrogen) atoms. The molecule has 0 saturated carbocycles. The Morgan fingerprint density at radius 2 is 1.58 bits per heavy atom. The molecule has 0 aliphatic heterocycles. The Hall–Kier alpha value is -1.74. The van der Waals surface area contributed by atoms with Gasteiger partial charge in [0.1, 0.15) is 0 Å². The average molecular weight is 252 g/mol. The molecule has 97 valence electrons. The molecule has 0 aliphatic rings. The van der Waals surface area contributed by atoms with E-state index in [0.717, 1.165) is 25.0 Å². The Kier molecular flexibility index (Phi) is 6.04. The second kappa shape index (κ2) is 8.38. The number of anilines is 1. The van der Waals surface area contributed by atoms with Crippen molar-refractivity contribution in [2.24, 2.45) is 0 Å². The van der Waals surface area contributed by atoms with Crippen LogP contribution in [0.3, 0.4) is 0 Å². The molecule has 0 spiro atoms. The fourth-order valence-electron chi connectivity index (χ4n) is 1.85. The highest BCUT2D eigenvalue weighted by molar-refractivity contribution is 6.27. The first-order valence-corrected chi connectivity index (χ1v) is 6.71. The fourth-order valence-corrected chi connectivity index (χ4v) is 1.85. The van der Waals surface area contributed by atoms with E-state index >= 15 is 0 Å². The first-order chi connectivity index (χ1) is 9.45. The molecule has 0 bridgehead atoms. The van der Waals surface area contributed by atoms with Gasteiger partial charge in [-0.3, -0.25) is 0 Å². The lowest BCUT2D eigenvalue weighted by molar-refractivity contribution is 0.351. The van der Waals surface area contributed by atoms with E-state index in [-0.39, 0.29) is 0 Å². The average Bonchev–Trinajstić information content (AvgIpc) is 2.48. The largest absolute Gasteiger partial charge is 0.439 e. The highest BCUT2D eigenvalue weighted by Crippen LogP contribution is 2.04. The summed E-state index contributed by atoms with van der Waals surface area (Å²) in [7, 11) is 1.90. The number of hydrogen-bond acceptors (Lipinski definition) is 2. The smallest absolute Gasteiger partial charge is 0.292 e. The maximum absolute atomic E-state index is 5.49. The summed E-state index contributed by atoms with van der Waals surface area (Å²) >= 11 is 0. The van der Waals surface area contributed by atoms with Crippen LogP contribution in [0.25, 0.3) is 0 Å². The third kappa shape index (κ3) is 5.62. The van der Waals surface area contributed by atoms with Crippen LogP contribution in [0.5, 0.6) is 0 Å². The van der Waals surface area contributed by atoms with Crippen molar-refractivity contribution >= 4 is 13.2 Å². The quantitative estimate of drug-likeness (QED) is 0.574. The Bertz CT molecular complexity index is 403. The van der Waals surface area contributed by atoms with Gasteiger partial charge in [-0.1, -0.05) is 48.5 Å². The molecule has 1 N–H and O–H groups in total. The standard InChI is InChI=1S/C16H19BNO/c1-3-7-15(8-4-1)11-12-17-19-14-13-18-16-9-5-2-6-10-16/h1-10,18H,11-14H2. The van der Waals surface area contributed by atoms with Crippen LogP contribution in [0.4, 0.5) is 5.69 Å². The number of nitrogens with one attached hydrogen (secondary N) is 1. The van der Waals surface area contributed by atoms with E-state index in [1.165, 1.54) is 5.56 Å². The van der Waals surface area contributed by atoms with Gasteiger partial charge in [0.05, 0.1) is 0 Å². The summed E-state index contributed by atoms with van der Waals surface area (Å²) in [5.74, 6) is 0. The van der Waals surface area contributed by atoms with E-state index in [0.29, 0.717) is 6.61 Å².